The zero-order valence-corrected chi connectivity index (χ0v) is 11.0. The minimum Gasteiger partial charge on any atom is -0.0985 e. The molecule has 0 heteroatoms. The second-order valence-electron chi connectivity index (χ2n) is 3.94. The Morgan fingerprint density at radius 1 is 0.944 bits per heavy atom. The lowest BCUT2D eigenvalue weighted by molar-refractivity contribution is 1.24. The van der Waals surface area contributed by atoms with Crippen molar-refractivity contribution in [2.24, 2.45) is 0 Å². The van der Waals surface area contributed by atoms with Crippen LogP contribution in [0.5, 0.6) is 0 Å². The first-order valence-electron chi connectivity index (χ1n) is 6.18. The van der Waals surface area contributed by atoms with Gasteiger partial charge in [-0.1, -0.05) is 86.8 Å². The molecule has 92 valence electrons. The lowest BCUT2D eigenvalue weighted by Crippen LogP contribution is -1.77. The minimum atomic E-state index is 1.03. The summed E-state index contributed by atoms with van der Waals surface area (Å²) in [6, 6.07) is 20.3. The van der Waals surface area contributed by atoms with Gasteiger partial charge < -0.3 is 0 Å². The molecule has 0 N–H and O–H groups in total. The third-order valence-corrected chi connectivity index (χ3v) is 2.64. The fraction of sp³-hybridized carbons (Fsp3) is 0.111. The number of hydrogen-bond acceptors (Lipinski definition) is 0. The molecule has 0 saturated carbocycles. The van der Waals surface area contributed by atoms with Crippen LogP contribution in [0.1, 0.15) is 24.5 Å². The monoisotopic (exact) mass is 236 g/mol. The third-order valence-electron chi connectivity index (χ3n) is 2.64. The molecule has 0 aliphatic heterocycles. The lowest BCUT2D eigenvalue weighted by atomic mass is 10.1. The molecule has 18 heavy (non-hydrogen) atoms. The van der Waals surface area contributed by atoms with Crippen LogP contribution in [0, 0.1) is 0 Å². The van der Waals surface area contributed by atoms with Gasteiger partial charge in [0.05, 0.1) is 0 Å². The molecule has 0 unspecified atom stereocenters. The summed E-state index contributed by atoms with van der Waals surface area (Å²) >= 11 is 0. The van der Waals surface area contributed by atoms with Gasteiger partial charge >= 0.3 is 0 Å². The molecule has 0 nitrogen and oxygen atoms in total. The van der Waals surface area contributed by atoms with E-state index >= 15 is 0 Å². The highest BCUT2D eigenvalue weighted by Crippen LogP contribution is 2.13. The van der Waals surface area contributed by atoms with Crippen molar-refractivity contribution in [3.63, 3.8) is 0 Å². The molecule has 0 heterocycles. The zero-order valence-electron chi connectivity index (χ0n) is 11.0. The van der Waals surface area contributed by atoms with Gasteiger partial charge in [-0.25, -0.2) is 0 Å². The van der Waals surface area contributed by atoms with Crippen molar-refractivity contribution < 1.29 is 0 Å². The van der Waals surface area contributed by atoms with E-state index in [0.29, 0.717) is 0 Å². The minimum absolute atomic E-state index is 1.03. The second kappa shape index (κ2) is 8.08. The van der Waals surface area contributed by atoms with Gasteiger partial charge in [-0.2, -0.15) is 0 Å². The summed E-state index contributed by atoms with van der Waals surface area (Å²) in [6.45, 7) is 9.69. The smallest absolute Gasteiger partial charge is 0.0231 e. The molecule has 2 rings (SSSR count). The molecule has 0 saturated heterocycles. The highest BCUT2D eigenvalue weighted by molar-refractivity contribution is 5.62. The van der Waals surface area contributed by atoms with E-state index in [1.165, 1.54) is 16.7 Å². The maximum atomic E-state index is 3.94. The van der Waals surface area contributed by atoms with Gasteiger partial charge in [0.1, 0.15) is 0 Å². The van der Waals surface area contributed by atoms with Gasteiger partial charge in [0.15, 0.2) is 0 Å². The van der Waals surface area contributed by atoms with Crippen molar-refractivity contribution in [1.82, 2.24) is 0 Å². The van der Waals surface area contributed by atoms with Gasteiger partial charge in [0.25, 0.3) is 0 Å². The van der Waals surface area contributed by atoms with Crippen molar-refractivity contribution in [2.75, 3.05) is 0 Å². The van der Waals surface area contributed by atoms with Crippen LogP contribution < -0.4 is 0 Å². The fourth-order valence-corrected chi connectivity index (χ4v) is 1.47. The predicted octanol–water partition coefficient (Wildman–Crippen LogP) is 5.44. The van der Waals surface area contributed by atoms with Gasteiger partial charge in [-0.05, 0) is 23.1 Å². The highest BCUT2D eigenvalue weighted by atomic mass is 14.0. The molecule has 0 atom stereocenters. The lowest BCUT2D eigenvalue weighted by Gasteiger charge is -1.99. The molecule has 0 aliphatic carbocycles. The van der Waals surface area contributed by atoms with Crippen LogP contribution in [0.4, 0.5) is 0 Å². The zero-order chi connectivity index (χ0) is 13.2. The van der Waals surface area contributed by atoms with E-state index in [2.05, 4.69) is 32.2 Å². The van der Waals surface area contributed by atoms with Crippen molar-refractivity contribution in [3.05, 3.63) is 84.9 Å². The summed E-state index contributed by atoms with van der Waals surface area (Å²) in [7, 11) is 0. The van der Waals surface area contributed by atoms with Crippen LogP contribution in [0.15, 0.2) is 73.8 Å². The normalized spacial score (nSPS) is 8.94. The second-order valence-corrected chi connectivity index (χ2v) is 3.94. The number of rotatable bonds is 3. The predicted molar refractivity (Wildman–Crippen MR) is 82.3 cm³/mol. The average molecular weight is 236 g/mol. The Labute approximate surface area is 110 Å². The first-order chi connectivity index (χ1) is 8.77. The molecular formula is C18H20. The molecule has 0 aromatic heterocycles. The van der Waals surface area contributed by atoms with E-state index in [1.54, 1.807) is 0 Å². The van der Waals surface area contributed by atoms with Gasteiger partial charge in [-0.3, -0.25) is 0 Å². The molecular weight excluding hydrogens is 216 g/mol. The maximum Gasteiger partial charge on any atom is -0.0231 e. The molecule has 0 aliphatic rings. The van der Waals surface area contributed by atoms with E-state index in [1.807, 2.05) is 54.6 Å². The molecule has 2 aromatic rings. The topological polar surface area (TPSA) is 0 Å². The van der Waals surface area contributed by atoms with Gasteiger partial charge in [0, 0.05) is 0 Å². The molecule has 0 fully saturated rings. The Morgan fingerprint density at radius 3 is 1.83 bits per heavy atom. The van der Waals surface area contributed by atoms with Gasteiger partial charge in [0.2, 0.25) is 0 Å². The summed E-state index contributed by atoms with van der Waals surface area (Å²) < 4.78 is 0. The highest BCUT2D eigenvalue weighted by Gasteiger charge is 1.91. The Morgan fingerprint density at radius 2 is 1.44 bits per heavy atom. The van der Waals surface area contributed by atoms with E-state index in [-0.39, 0.29) is 0 Å². The van der Waals surface area contributed by atoms with Crippen molar-refractivity contribution in [2.45, 2.75) is 13.3 Å². The van der Waals surface area contributed by atoms with E-state index in [9.17, 15) is 0 Å². The van der Waals surface area contributed by atoms with Crippen LogP contribution in [-0.2, 0) is 0 Å². The van der Waals surface area contributed by atoms with Crippen LogP contribution in [0.3, 0.4) is 0 Å². The SMILES string of the molecule is C=C(CC)c1ccccc1.C=Cc1ccccc1. The Bertz CT molecular complexity index is 466. The summed E-state index contributed by atoms with van der Waals surface area (Å²) in [5.41, 5.74) is 3.64. The van der Waals surface area contributed by atoms with Crippen molar-refractivity contribution in [3.8, 4) is 0 Å². The third kappa shape index (κ3) is 4.84. The Balaban J connectivity index is 0.000000184. The standard InChI is InChI=1S/C10H12.C8H8/c1-3-9(2)10-7-5-4-6-8-10;1-2-8-6-4-3-5-7-8/h4-8H,2-3H2,1H3;2-7H,1H2. The first kappa shape index (κ1) is 14.0. The number of benzene rings is 2. The van der Waals surface area contributed by atoms with Crippen molar-refractivity contribution >= 4 is 11.6 Å². The molecule has 0 bridgehead atoms. The molecule has 0 amide bonds. The van der Waals surface area contributed by atoms with Crippen molar-refractivity contribution in [1.29, 1.82) is 0 Å². The summed E-state index contributed by atoms with van der Waals surface area (Å²) in [5.74, 6) is 0. The van der Waals surface area contributed by atoms with E-state index < -0.39 is 0 Å². The van der Waals surface area contributed by atoms with E-state index in [4.69, 9.17) is 0 Å². The van der Waals surface area contributed by atoms with Crippen LogP contribution in [-0.4, -0.2) is 0 Å². The first-order valence-corrected chi connectivity index (χ1v) is 6.18. The molecule has 2 aromatic carbocycles. The van der Waals surface area contributed by atoms with E-state index in [0.717, 1.165) is 6.42 Å². The van der Waals surface area contributed by atoms with Crippen LogP contribution >= 0.6 is 0 Å². The maximum absolute atomic E-state index is 3.94. The fourth-order valence-electron chi connectivity index (χ4n) is 1.47. The van der Waals surface area contributed by atoms with Crippen LogP contribution in [0.2, 0.25) is 0 Å². The molecule has 0 spiro atoms. The average Bonchev–Trinajstić information content (AvgIpc) is 2.49. The number of hydrogen-bond donors (Lipinski definition) is 0. The largest absolute Gasteiger partial charge is 0.0985 e. The quantitative estimate of drug-likeness (QED) is 0.665. The van der Waals surface area contributed by atoms with Gasteiger partial charge in [-0.15, -0.1) is 0 Å². The van der Waals surface area contributed by atoms with Crippen LogP contribution in [0.25, 0.3) is 11.6 Å². The summed E-state index contributed by atoms with van der Waals surface area (Å²) in [6.07, 6.45) is 2.87. The Kier molecular flexibility index (Phi) is 6.27. The number of allylic oxidation sites excluding steroid dienone is 1. The Hall–Kier alpha value is -2.08. The summed E-state index contributed by atoms with van der Waals surface area (Å²) in [4.78, 5) is 0. The summed E-state index contributed by atoms with van der Waals surface area (Å²) in [5, 5.41) is 0. The molecule has 0 radical (unpaired) electrons.